The van der Waals surface area contributed by atoms with Gasteiger partial charge in [-0.1, -0.05) is 0 Å². The average molecular weight is 257 g/mol. The molecule has 0 fully saturated rings. The second-order valence-electron chi connectivity index (χ2n) is 2.16. The summed E-state index contributed by atoms with van der Waals surface area (Å²) in [5.41, 5.74) is 0. The molecule has 1 rings (SSSR count). The zero-order chi connectivity index (χ0) is 9.68. The number of hydrogen-bond donors (Lipinski definition) is 0. The van der Waals surface area contributed by atoms with Crippen LogP contribution in [0.5, 0.6) is 0 Å². The molecular weight excluding hydrogens is 250 g/mol. The Kier molecular flexibility index (Phi) is 4.23. The summed E-state index contributed by atoms with van der Waals surface area (Å²) in [5, 5.41) is 7.13. The Morgan fingerprint density at radius 2 is 2.23 bits per heavy atom. The largest absolute Gasteiger partial charge is 0.416 e. The second kappa shape index (κ2) is 5.23. The lowest BCUT2D eigenvalue weighted by molar-refractivity contribution is 0.0173. The van der Waals surface area contributed by atoms with E-state index in [1.54, 1.807) is 0 Å². The summed E-state index contributed by atoms with van der Waals surface area (Å²) in [6, 6.07) is 0. The highest BCUT2D eigenvalue weighted by atomic mass is 79.9. The normalized spacial score (nSPS) is 11.1. The van der Waals surface area contributed by atoms with E-state index in [4.69, 9.17) is 4.42 Å². The Morgan fingerprint density at radius 3 is 2.77 bits per heavy atom. The average Bonchev–Trinajstić information content (AvgIpc) is 2.45. The van der Waals surface area contributed by atoms with Crippen molar-refractivity contribution in [1.29, 1.82) is 0 Å². The summed E-state index contributed by atoms with van der Waals surface area (Å²) in [6.45, 7) is -0.408. The molecule has 0 N–H and O–H groups in total. The first kappa shape index (κ1) is 10.5. The molecular formula is C6H7BrF2N2O2. The lowest BCUT2D eigenvalue weighted by atomic mass is 10.5. The van der Waals surface area contributed by atoms with E-state index in [-0.39, 0.29) is 11.4 Å². The van der Waals surface area contributed by atoms with E-state index in [9.17, 15) is 8.78 Å². The van der Waals surface area contributed by atoms with E-state index in [0.29, 0.717) is 12.3 Å². The van der Waals surface area contributed by atoms with Crippen molar-refractivity contribution < 1.29 is 17.9 Å². The van der Waals surface area contributed by atoms with Gasteiger partial charge >= 0.3 is 0 Å². The lowest BCUT2D eigenvalue weighted by Crippen LogP contribution is -2.07. The predicted molar refractivity (Wildman–Crippen MR) is 42.5 cm³/mol. The molecule has 0 aromatic carbocycles. The third-order valence-corrected chi connectivity index (χ3v) is 1.47. The fourth-order valence-corrected chi connectivity index (χ4v) is 0.932. The number of nitrogens with zero attached hydrogens (tertiary/aromatic N) is 2. The lowest BCUT2D eigenvalue weighted by Gasteiger charge is -1.99. The molecule has 4 nitrogen and oxygen atoms in total. The monoisotopic (exact) mass is 256 g/mol. The molecule has 0 saturated heterocycles. The molecule has 0 aliphatic rings. The van der Waals surface area contributed by atoms with Gasteiger partial charge in [0.2, 0.25) is 5.89 Å². The number of ether oxygens (including phenoxy) is 1. The van der Waals surface area contributed by atoms with Crippen LogP contribution in [0.25, 0.3) is 0 Å². The van der Waals surface area contributed by atoms with Gasteiger partial charge in [-0.2, -0.15) is 0 Å². The molecule has 1 aromatic rings. The molecule has 0 saturated carbocycles. The fraction of sp³-hybridized carbons (Fsp3) is 0.667. The second-order valence-corrected chi connectivity index (χ2v) is 2.84. The maximum atomic E-state index is 11.6. The van der Waals surface area contributed by atoms with Crippen molar-refractivity contribution >= 4 is 15.9 Å². The molecule has 1 aromatic heterocycles. The van der Waals surface area contributed by atoms with E-state index in [1.807, 2.05) is 0 Å². The summed E-state index contributed by atoms with van der Waals surface area (Å²) in [6.07, 6.45) is -2.10. The minimum absolute atomic E-state index is 0.152. The first-order valence-electron chi connectivity index (χ1n) is 3.52. The SMILES string of the molecule is FC(F)COCCc1nnc(Br)o1. The third kappa shape index (κ3) is 4.28. The van der Waals surface area contributed by atoms with Gasteiger partial charge in [-0.3, -0.25) is 0 Å². The van der Waals surface area contributed by atoms with E-state index >= 15 is 0 Å². The maximum Gasteiger partial charge on any atom is 0.284 e. The minimum atomic E-state index is -2.44. The highest BCUT2D eigenvalue weighted by Crippen LogP contribution is 2.07. The van der Waals surface area contributed by atoms with Gasteiger partial charge in [-0.05, 0) is 0 Å². The first-order valence-corrected chi connectivity index (χ1v) is 4.31. The van der Waals surface area contributed by atoms with Crippen LogP contribution in [0.4, 0.5) is 8.78 Å². The zero-order valence-corrected chi connectivity index (χ0v) is 8.13. The molecule has 1 heterocycles. The van der Waals surface area contributed by atoms with E-state index in [2.05, 4.69) is 30.9 Å². The van der Waals surface area contributed by atoms with Crippen molar-refractivity contribution in [2.75, 3.05) is 13.2 Å². The van der Waals surface area contributed by atoms with Crippen LogP contribution in [0, 0.1) is 0 Å². The van der Waals surface area contributed by atoms with E-state index in [0.717, 1.165) is 0 Å². The van der Waals surface area contributed by atoms with Crippen molar-refractivity contribution in [1.82, 2.24) is 10.2 Å². The smallest absolute Gasteiger partial charge is 0.284 e. The van der Waals surface area contributed by atoms with E-state index in [1.165, 1.54) is 0 Å². The standard InChI is InChI=1S/C6H7BrF2N2O2/c7-6-11-10-5(13-6)1-2-12-3-4(8)9/h4H,1-3H2. The Labute approximate surface area is 81.4 Å². The van der Waals surface area contributed by atoms with Gasteiger partial charge in [-0.25, -0.2) is 8.78 Å². The quantitative estimate of drug-likeness (QED) is 0.752. The molecule has 13 heavy (non-hydrogen) atoms. The van der Waals surface area contributed by atoms with Crippen LogP contribution >= 0.6 is 15.9 Å². The summed E-state index contributed by atoms with van der Waals surface area (Å²) >= 11 is 2.96. The summed E-state index contributed by atoms with van der Waals surface area (Å²) in [5.74, 6) is 0.362. The van der Waals surface area contributed by atoms with Gasteiger partial charge in [0.25, 0.3) is 11.2 Å². The predicted octanol–water partition coefficient (Wildman–Crippen LogP) is 1.66. The molecule has 74 valence electrons. The van der Waals surface area contributed by atoms with Crippen molar-refractivity contribution in [2.45, 2.75) is 12.8 Å². The topological polar surface area (TPSA) is 48.2 Å². The number of aromatic nitrogens is 2. The highest BCUT2D eigenvalue weighted by molar-refractivity contribution is 9.10. The summed E-state index contributed by atoms with van der Waals surface area (Å²) in [7, 11) is 0. The molecule has 0 radical (unpaired) electrons. The molecule has 0 atom stereocenters. The Morgan fingerprint density at radius 1 is 1.46 bits per heavy atom. The summed E-state index contributed by atoms with van der Waals surface area (Å²) < 4.78 is 32.7. The number of halogens is 3. The Balaban J connectivity index is 2.13. The van der Waals surface area contributed by atoms with Gasteiger partial charge in [0.15, 0.2) is 0 Å². The van der Waals surface area contributed by atoms with Crippen LogP contribution in [-0.2, 0) is 11.2 Å². The van der Waals surface area contributed by atoms with Crippen LogP contribution in [-0.4, -0.2) is 29.8 Å². The van der Waals surface area contributed by atoms with Crippen LogP contribution in [0.15, 0.2) is 9.22 Å². The molecule has 0 aliphatic carbocycles. The van der Waals surface area contributed by atoms with Crippen molar-refractivity contribution in [2.24, 2.45) is 0 Å². The van der Waals surface area contributed by atoms with E-state index < -0.39 is 13.0 Å². The van der Waals surface area contributed by atoms with Gasteiger partial charge < -0.3 is 9.15 Å². The molecule has 0 aliphatic heterocycles. The van der Waals surface area contributed by atoms with Crippen molar-refractivity contribution in [3.63, 3.8) is 0 Å². The molecule has 0 amide bonds. The third-order valence-electron chi connectivity index (χ3n) is 1.15. The number of rotatable bonds is 5. The minimum Gasteiger partial charge on any atom is -0.416 e. The van der Waals surface area contributed by atoms with Gasteiger partial charge in [0.1, 0.15) is 6.61 Å². The number of hydrogen-bond acceptors (Lipinski definition) is 4. The molecule has 7 heteroatoms. The maximum absolute atomic E-state index is 11.6. The van der Waals surface area contributed by atoms with Gasteiger partial charge in [0.05, 0.1) is 6.61 Å². The fourth-order valence-electron chi connectivity index (χ4n) is 0.666. The summed E-state index contributed by atoms with van der Waals surface area (Å²) in [4.78, 5) is 0.274. The Hall–Kier alpha value is -0.560. The molecule has 0 bridgehead atoms. The first-order chi connectivity index (χ1) is 6.18. The van der Waals surface area contributed by atoms with Crippen LogP contribution in [0.1, 0.15) is 5.89 Å². The Bertz CT molecular complexity index is 257. The van der Waals surface area contributed by atoms with Gasteiger partial charge in [0, 0.05) is 22.4 Å². The molecule has 0 spiro atoms. The highest BCUT2D eigenvalue weighted by Gasteiger charge is 2.05. The number of alkyl halides is 2. The molecule has 0 unspecified atom stereocenters. The van der Waals surface area contributed by atoms with Crippen LogP contribution < -0.4 is 0 Å². The van der Waals surface area contributed by atoms with Crippen molar-refractivity contribution in [3.8, 4) is 0 Å². The zero-order valence-electron chi connectivity index (χ0n) is 6.54. The van der Waals surface area contributed by atoms with Crippen molar-refractivity contribution in [3.05, 3.63) is 10.7 Å². The van der Waals surface area contributed by atoms with Crippen LogP contribution in [0.3, 0.4) is 0 Å². The van der Waals surface area contributed by atoms with Crippen LogP contribution in [0.2, 0.25) is 0 Å². The van der Waals surface area contributed by atoms with Gasteiger partial charge in [-0.15, -0.1) is 10.2 Å².